The summed E-state index contributed by atoms with van der Waals surface area (Å²) in [5.41, 5.74) is 1.26. The molecule has 0 heterocycles. The van der Waals surface area contributed by atoms with Gasteiger partial charge in [0.1, 0.15) is 11.9 Å². The number of carbonyl (C=O) groups is 2. The van der Waals surface area contributed by atoms with Crippen LogP contribution in [0.25, 0.3) is 10.8 Å². The molecule has 0 spiro atoms. The lowest BCUT2D eigenvalue weighted by Crippen LogP contribution is -2.21. The molecular formula is C24H23NO5S. The van der Waals surface area contributed by atoms with Crippen molar-refractivity contribution < 1.29 is 24.5 Å². The number of ether oxygens (including phenoxy) is 1. The molecule has 7 heteroatoms. The largest absolute Gasteiger partial charge is 0.507 e. The fraction of sp³-hybridized carbons (Fsp3) is 0.167. The Morgan fingerprint density at radius 3 is 2.35 bits per heavy atom. The van der Waals surface area contributed by atoms with Crippen molar-refractivity contribution in [1.82, 2.24) is 0 Å². The highest BCUT2D eigenvalue weighted by Crippen LogP contribution is 2.36. The molecule has 3 aromatic carbocycles. The van der Waals surface area contributed by atoms with Crippen molar-refractivity contribution in [3.8, 4) is 5.75 Å². The topological polar surface area (TPSA) is 95.9 Å². The van der Waals surface area contributed by atoms with Crippen LogP contribution in [0.2, 0.25) is 0 Å². The number of phenolic OH excluding ortho intramolecular Hbond substituents is 1. The van der Waals surface area contributed by atoms with E-state index < -0.39 is 24.1 Å². The van der Waals surface area contributed by atoms with Gasteiger partial charge in [0.15, 0.2) is 0 Å². The minimum Gasteiger partial charge on any atom is -0.507 e. The number of hydrogen-bond donors (Lipinski definition) is 3. The Morgan fingerprint density at radius 2 is 1.71 bits per heavy atom. The first kappa shape index (κ1) is 22.2. The van der Waals surface area contributed by atoms with Gasteiger partial charge in [0, 0.05) is 33.5 Å². The summed E-state index contributed by atoms with van der Waals surface area (Å²) < 4.78 is 5.76. The van der Waals surface area contributed by atoms with Crippen LogP contribution < -0.4 is 5.32 Å². The first-order valence-electron chi connectivity index (χ1n) is 9.62. The van der Waals surface area contributed by atoms with Gasteiger partial charge < -0.3 is 14.9 Å². The SMILES string of the molecule is CSc1ccc(NC(=O)O[C@H](c2ccc(O)c3ccccc23)[C@@H](C)/C=C/C(=O)O)cc1. The van der Waals surface area contributed by atoms with Gasteiger partial charge >= 0.3 is 12.1 Å². The van der Waals surface area contributed by atoms with Crippen LogP contribution in [0.5, 0.6) is 5.75 Å². The number of carboxylic acid groups (broad SMARTS) is 1. The van der Waals surface area contributed by atoms with E-state index in [1.807, 2.05) is 30.5 Å². The van der Waals surface area contributed by atoms with Crippen molar-refractivity contribution in [2.75, 3.05) is 11.6 Å². The lowest BCUT2D eigenvalue weighted by Gasteiger charge is -2.24. The monoisotopic (exact) mass is 437 g/mol. The van der Waals surface area contributed by atoms with Gasteiger partial charge in [-0.1, -0.05) is 43.3 Å². The van der Waals surface area contributed by atoms with Crippen molar-refractivity contribution in [3.63, 3.8) is 0 Å². The third-order valence-corrected chi connectivity index (χ3v) is 5.58. The molecule has 0 aromatic heterocycles. The summed E-state index contributed by atoms with van der Waals surface area (Å²) in [6.07, 6.45) is 3.05. The second-order valence-electron chi connectivity index (χ2n) is 6.96. The number of amides is 1. The zero-order valence-corrected chi connectivity index (χ0v) is 17.9. The van der Waals surface area contributed by atoms with Crippen LogP contribution in [0.4, 0.5) is 10.5 Å². The zero-order valence-electron chi connectivity index (χ0n) is 17.1. The Morgan fingerprint density at radius 1 is 1.03 bits per heavy atom. The smallest absolute Gasteiger partial charge is 0.412 e. The predicted octanol–water partition coefficient (Wildman–Crippen LogP) is 5.83. The number of aromatic hydroxyl groups is 1. The zero-order chi connectivity index (χ0) is 22.4. The standard InChI is InChI=1S/C24H23NO5S/c1-15(7-14-22(27)28)23(20-12-13-21(26)19-6-4-3-5-18(19)20)30-24(29)25-16-8-10-17(31-2)11-9-16/h3-15,23,26H,1-2H3,(H,25,29)(H,27,28)/b14-7+/t15-,23-/m0/s1. The van der Waals surface area contributed by atoms with Gasteiger partial charge in [-0.05, 0) is 42.0 Å². The predicted molar refractivity (Wildman–Crippen MR) is 123 cm³/mol. The Labute approximate surface area is 184 Å². The van der Waals surface area contributed by atoms with E-state index in [0.717, 1.165) is 16.4 Å². The quantitative estimate of drug-likeness (QED) is 0.318. The maximum Gasteiger partial charge on any atom is 0.412 e. The number of benzene rings is 3. The Balaban J connectivity index is 1.92. The Bertz CT molecular complexity index is 1110. The van der Waals surface area contributed by atoms with Gasteiger partial charge in [-0.3, -0.25) is 5.32 Å². The number of anilines is 1. The Hall–Kier alpha value is -3.45. The minimum atomic E-state index is -1.08. The molecule has 1 amide bonds. The van der Waals surface area contributed by atoms with E-state index in [9.17, 15) is 14.7 Å². The van der Waals surface area contributed by atoms with Crippen LogP contribution >= 0.6 is 11.8 Å². The van der Waals surface area contributed by atoms with Crippen LogP contribution in [0.15, 0.2) is 77.7 Å². The van der Waals surface area contributed by atoms with E-state index in [1.165, 1.54) is 6.08 Å². The van der Waals surface area contributed by atoms with Crippen molar-refractivity contribution in [2.24, 2.45) is 5.92 Å². The van der Waals surface area contributed by atoms with Gasteiger partial charge in [0.05, 0.1) is 0 Å². The molecule has 0 aliphatic heterocycles. The maximum atomic E-state index is 12.7. The minimum absolute atomic E-state index is 0.116. The number of fused-ring (bicyclic) bond motifs is 1. The highest BCUT2D eigenvalue weighted by molar-refractivity contribution is 7.98. The molecule has 0 fully saturated rings. The normalized spacial score (nSPS) is 13.1. The van der Waals surface area contributed by atoms with Crippen molar-refractivity contribution in [3.05, 3.63) is 78.4 Å². The van der Waals surface area contributed by atoms with E-state index in [1.54, 1.807) is 55.1 Å². The fourth-order valence-electron chi connectivity index (χ4n) is 3.28. The van der Waals surface area contributed by atoms with Gasteiger partial charge in [0.25, 0.3) is 0 Å². The van der Waals surface area contributed by atoms with Gasteiger partial charge in [-0.15, -0.1) is 11.8 Å². The number of carboxylic acids is 1. The Kier molecular flexibility index (Phi) is 7.20. The van der Waals surface area contributed by atoms with Crippen molar-refractivity contribution in [1.29, 1.82) is 0 Å². The van der Waals surface area contributed by atoms with Crippen LogP contribution in [0.3, 0.4) is 0 Å². The summed E-state index contributed by atoms with van der Waals surface area (Å²) in [7, 11) is 0. The van der Waals surface area contributed by atoms with Crippen molar-refractivity contribution in [2.45, 2.75) is 17.9 Å². The third kappa shape index (κ3) is 5.58. The average Bonchev–Trinajstić information content (AvgIpc) is 2.77. The van der Waals surface area contributed by atoms with Gasteiger partial charge in [0.2, 0.25) is 0 Å². The molecule has 2 atom stereocenters. The van der Waals surface area contributed by atoms with Gasteiger partial charge in [-0.2, -0.15) is 0 Å². The van der Waals surface area contributed by atoms with Crippen LogP contribution in [0.1, 0.15) is 18.6 Å². The molecule has 160 valence electrons. The summed E-state index contributed by atoms with van der Waals surface area (Å²) in [4.78, 5) is 24.7. The lowest BCUT2D eigenvalue weighted by molar-refractivity contribution is -0.131. The second kappa shape index (κ2) is 10.0. The molecular weight excluding hydrogens is 414 g/mol. The number of phenols is 1. The first-order chi connectivity index (χ1) is 14.9. The molecule has 3 rings (SSSR count). The lowest BCUT2D eigenvalue weighted by atomic mass is 9.92. The second-order valence-corrected chi connectivity index (χ2v) is 7.84. The molecule has 0 radical (unpaired) electrons. The number of hydrogen-bond acceptors (Lipinski definition) is 5. The highest BCUT2D eigenvalue weighted by Gasteiger charge is 2.25. The third-order valence-electron chi connectivity index (χ3n) is 4.83. The molecule has 0 saturated heterocycles. The molecule has 3 N–H and O–H groups in total. The number of thioether (sulfide) groups is 1. The molecule has 6 nitrogen and oxygen atoms in total. The summed E-state index contributed by atoms with van der Waals surface area (Å²) >= 11 is 1.60. The fourth-order valence-corrected chi connectivity index (χ4v) is 3.69. The van der Waals surface area contributed by atoms with E-state index in [-0.39, 0.29) is 5.75 Å². The number of nitrogens with one attached hydrogen (secondary N) is 1. The van der Waals surface area contributed by atoms with Crippen LogP contribution in [-0.4, -0.2) is 28.5 Å². The molecule has 0 unspecified atom stereocenters. The average molecular weight is 438 g/mol. The number of aliphatic carboxylic acids is 1. The van der Waals surface area contributed by atoms with Crippen LogP contribution in [0, 0.1) is 5.92 Å². The summed E-state index contributed by atoms with van der Waals surface area (Å²) in [5, 5.41) is 23.3. The van der Waals surface area contributed by atoms with E-state index >= 15 is 0 Å². The summed E-state index contributed by atoms with van der Waals surface area (Å²) in [5.74, 6) is -1.40. The van der Waals surface area contributed by atoms with E-state index in [4.69, 9.17) is 9.84 Å². The molecule has 0 aliphatic rings. The van der Waals surface area contributed by atoms with E-state index in [0.29, 0.717) is 16.6 Å². The molecule has 0 aliphatic carbocycles. The first-order valence-corrected chi connectivity index (χ1v) is 10.8. The van der Waals surface area contributed by atoms with Crippen LogP contribution in [-0.2, 0) is 9.53 Å². The summed E-state index contributed by atoms with van der Waals surface area (Å²) in [6, 6.07) is 17.8. The molecule has 3 aromatic rings. The molecule has 31 heavy (non-hydrogen) atoms. The number of carbonyl (C=O) groups excluding carboxylic acids is 1. The molecule has 0 saturated carbocycles. The van der Waals surface area contributed by atoms with Gasteiger partial charge in [-0.25, -0.2) is 9.59 Å². The molecule has 0 bridgehead atoms. The van der Waals surface area contributed by atoms with E-state index in [2.05, 4.69) is 5.32 Å². The highest BCUT2D eigenvalue weighted by atomic mass is 32.2. The maximum absolute atomic E-state index is 12.7. The number of rotatable bonds is 7. The van der Waals surface area contributed by atoms with Crippen molar-refractivity contribution >= 4 is 40.3 Å². The summed E-state index contributed by atoms with van der Waals surface area (Å²) in [6.45, 7) is 1.77.